The molecule has 1 heterocycles. The van der Waals surface area contributed by atoms with Crippen molar-refractivity contribution in [1.82, 2.24) is 4.90 Å². The van der Waals surface area contributed by atoms with E-state index < -0.39 is 0 Å². The lowest BCUT2D eigenvalue weighted by molar-refractivity contribution is 0.148. The van der Waals surface area contributed by atoms with Crippen molar-refractivity contribution in [3.05, 3.63) is 0 Å². The minimum absolute atomic E-state index is 0.310. The summed E-state index contributed by atoms with van der Waals surface area (Å²) in [6.07, 6.45) is 4.48. The van der Waals surface area contributed by atoms with E-state index in [9.17, 15) is 5.11 Å². The van der Waals surface area contributed by atoms with Gasteiger partial charge in [0.1, 0.15) is 0 Å². The van der Waals surface area contributed by atoms with Gasteiger partial charge in [-0.1, -0.05) is 6.92 Å². The van der Waals surface area contributed by atoms with Gasteiger partial charge in [-0.3, -0.25) is 0 Å². The number of hydrogen-bond donors (Lipinski definition) is 2. The Hall–Kier alpha value is -0.120. The van der Waals surface area contributed by atoms with Crippen molar-refractivity contribution < 1.29 is 5.11 Å². The molecule has 1 saturated heterocycles. The molecule has 0 spiro atoms. The van der Waals surface area contributed by atoms with Gasteiger partial charge in [-0.25, -0.2) is 0 Å². The molecule has 2 unspecified atom stereocenters. The molecule has 0 bridgehead atoms. The van der Waals surface area contributed by atoms with Crippen LogP contribution in [0.15, 0.2) is 0 Å². The third-order valence-electron chi connectivity index (χ3n) is 3.16. The third-order valence-corrected chi connectivity index (χ3v) is 3.16. The van der Waals surface area contributed by atoms with Crippen molar-refractivity contribution >= 4 is 0 Å². The molecule has 0 radical (unpaired) electrons. The van der Waals surface area contributed by atoms with E-state index in [1.165, 1.54) is 32.4 Å². The highest BCUT2D eigenvalue weighted by Crippen LogP contribution is 2.16. The lowest BCUT2D eigenvalue weighted by atomic mass is 10.0. The van der Waals surface area contributed by atoms with Gasteiger partial charge >= 0.3 is 0 Å². The van der Waals surface area contributed by atoms with Crippen molar-refractivity contribution in [2.24, 2.45) is 11.7 Å². The van der Waals surface area contributed by atoms with Crippen LogP contribution in [0.5, 0.6) is 0 Å². The number of nitrogens with two attached hydrogens (primary N) is 1. The molecular formula is C11H24N2O. The van der Waals surface area contributed by atoms with Crippen LogP contribution in [0.3, 0.4) is 0 Å². The molecule has 1 fully saturated rings. The zero-order valence-corrected chi connectivity index (χ0v) is 9.28. The molecule has 3 heteroatoms. The maximum atomic E-state index is 9.36. The minimum atomic E-state index is -0.310. The summed E-state index contributed by atoms with van der Waals surface area (Å²) in [5, 5.41) is 9.36. The van der Waals surface area contributed by atoms with Crippen LogP contribution in [-0.4, -0.2) is 42.3 Å². The summed E-state index contributed by atoms with van der Waals surface area (Å²) in [6.45, 7) is 6.12. The fourth-order valence-electron chi connectivity index (χ4n) is 2.00. The van der Waals surface area contributed by atoms with E-state index in [1.54, 1.807) is 0 Å². The Morgan fingerprint density at radius 1 is 1.43 bits per heavy atom. The topological polar surface area (TPSA) is 49.5 Å². The zero-order chi connectivity index (χ0) is 10.4. The summed E-state index contributed by atoms with van der Waals surface area (Å²) >= 11 is 0. The second kappa shape index (κ2) is 6.38. The van der Waals surface area contributed by atoms with Gasteiger partial charge in [0.2, 0.25) is 0 Å². The molecule has 0 saturated carbocycles. The minimum Gasteiger partial charge on any atom is -0.392 e. The fourth-order valence-corrected chi connectivity index (χ4v) is 2.00. The summed E-state index contributed by atoms with van der Waals surface area (Å²) in [5.41, 5.74) is 5.37. The SMILES string of the molecule is CC1CCCN(CCC(O)CN)CC1. The van der Waals surface area contributed by atoms with Gasteiger partial charge in [0.25, 0.3) is 0 Å². The van der Waals surface area contributed by atoms with Crippen LogP contribution in [-0.2, 0) is 0 Å². The molecule has 0 aromatic heterocycles. The van der Waals surface area contributed by atoms with Gasteiger partial charge in [0, 0.05) is 13.1 Å². The first-order valence-corrected chi connectivity index (χ1v) is 5.83. The summed E-state index contributed by atoms with van der Waals surface area (Å²) in [7, 11) is 0. The summed E-state index contributed by atoms with van der Waals surface area (Å²) in [6, 6.07) is 0. The monoisotopic (exact) mass is 200 g/mol. The molecule has 1 aliphatic rings. The first-order valence-electron chi connectivity index (χ1n) is 5.83. The van der Waals surface area contributed by atoms with Crippen LogP contribution in [0, 0.1) is 5.92 Å². The quantitative estimate of drug-likeness (QED) is 0.706. The fraction of sp³-hybridized carbons (Fsp3) is 1.00. The van der Waals surface area contributed by atoms with Crippen LogP contribution < -0.4 is 5.73 Å². The van der Waals surface area contributed by atoms with E-state index in [-0.39, 0.29) is 6.10 Å². The highest BCUT2D eigenvalue weighted by atomic mass is 16.3. The Bertz CT molecular complexity index is 152. The normalized spacial score (nSPS) is 27.2. The van der Waals surface area contributed by atoms with Gasteiger partial charge in [-0.15, -0.1) is 0 Å². The molecule has 1 aliphatic heterocycles. The van der Waals surface area contributed by atoms with Gasteiger partial charge in [-0.05, 0) is 44.7 Å². The van der Waals surface area contributed by atoms with E-state index in [4.69, 9.17) is 5.73 Å². The standard InChI is InChI=1S/C11H24N2O/c1-10-3-2-6-13(7-4-10)8-5-11(14)9-12/h10-11,14H,2-9,12H2,1H3. The second-order valence-corrected chi connectivity index (χ2v) is 4.56. The molecule has 0 aromatic carbocycles. The number of rotatable bonds is 4. The molecule has 0 aromatic rings. The summed E-state index contributed by atoms with van der Waals surface area (Å²) < 4.78 is 0. The maximum Gasteiger partial charge on any atom is 0.0674 e. The largest absolute Gasteiger partial charge is 0.392 e. The Morgan fingerprint density at radius 3 is 2.93 bits per heavy atom. The highest BCUT2D eigenvalue weighted by molar-refractivity contribution is 4.69. The number of hydrogen-bond acceptors (Lipinski definition) is 3. The van der Waals surface area contributed by atoms with Crippen molar-refractivity contribution in [3.63, 3.8) is 0 Å². The van der Waals surface area contributed by atoms with Gasteiger partial charge in [-0.2, -0.15) is 0 Å². The van der Waals surface area contributed by atoms with Crippen LogP contribution in [0.25, 0.3) is 0 Å². The highest BCUT2D eigenvalue weighted by Gasteiger charge is 2.14. The van der Waals surface area contributed by atoms with Crippen LogP contribution in [0.4, 0.5) is 0 Å². The van der Waals surface area contributed by atoms with Crippen LogP contribution >= 0.6 is 0 Å². The molecule has 14 heavy (non-hydrogen) atoms. The molecule has 3 nitrogen and oxygen atoms in total. The lowest BCUT2D eigenvalue weighted by Crippen LogP contribution is -2.30. The van der Waals surface area contributed by atoms with Crippen molar-refractivity contribution in [3.8, 4) is 0 Å². The van der Waals surface area contributed by atoms with E-state index in [2.05, 4.69) is 11.8 Å². The number of nitrogens with zero attached hydrogens (tertiary/aromatic N) is 1. The predicted octanol–water partition coefficient (Wildman–Crippen LogP) is 0.818. The lowest BCUT2D eigenvalue weighted by Gasteiger charge is -2.21. The number of aliphatic hydroxyl groups excluding tert-OH is 1. The van der Waals surface area contributed by atoms with Gasteiger partial charge in [0.05, 0.1) is 6.10 Å². The second-order valence-electron chi connectivity index (χ2n) is 4.56. The molecule has 84 valence electrons. The number of aliphatic hydroxyl groups is 1. The average molecular weight is 200 g/mol. The molecule has 1 rings (SSSR count). The molecule has 3 N–H and O–H groups in total. The summed E-state index contributed by atoms with van der Waals surface area (Å²) in [4.78, 5) is 2.46. The van der Waals surface area contributed by atoms with Crippen molar-refractivity contribution in [2.75, 3.05) is 26.2 Å². The van der Waals surface area contributed by atoms with E-state index in [1.807, 2.05) is 0 Å². The Balaban J connectivity index is 2.17. The molecule has 0 amide bonds. The maximum absolute atomic E-state index is 9.36. The summed E-state index contributed by atoms with van der Waals surface area (Å²) in [5.74, 6) is 0.874. The molecule has 2 atom stereocenters. The van der Waals surface area contributed by atoms with Gasteiger partial charge < -0.3 is 15.7 Å². The van der Waals surface area contributed by atoms with Crippen molar-refractivity contribution in [2.45, 2.75) is 38.7 Å². The zero-order valence-electron chi connectivity index (χ0n) is 9.28. The Labute approximate surface area is 87.3 Å². The molecule has 0 aliphatic carbocycles. The predicted molar refractivity (Wildman–Crippen MR) is 59.1 cm³/mol. The third kappa shape index (κ3) is 4.40. The average Bonchev–Trinajstić information content (AvgIpc) is 2.39. The van der Waals surface area contributed by atoms with Crippen LogP contribution in [0.1, 0.15) is 32.6 Å². The number of likely N-dealkylation sites (tertiary alicyclic amines) is 1. The first kappa shape index (κ1) is 12.0. The van der Waals surface area contributed by atoms with E-state index >= 15 is 0 Å². The Morgan fingerprint density at radius 2 is 2.21 bits per heavy atom. The first-order chi connectivity index (χ1) is 6.72. The van der Waals surface area contributed by atoms with Crippen LogP contribution in [0.2, 0.25) is 0 Å². The van der Waals surface area contributed by atoms with E-state index in [0.717, 1.165) is 18.9 Å². The Kier molecular flexibility index (Phi) is 5.45. The smallest absolute Gasteiger partial charge is 0.0674 e. The van der Waals surface area contributed by atoms with E-state index in [0.29, 0.717) is 6.54 Å². The van der Waals surface area contributed by atoms with Gasteiger partial charge in [0.15, 0.2) is 0 Å². The molecular weight excluding hydrogens is 176 g/mol. The van der Waals surface area contributed by atoms with Crippen molar-refractivity contribution in [1.29, 1.82) is 0 Å².